The lowest BCUT2D eigenvalue weighted by atomic mass is 10.0. The zero-order valence-corrected chi connectivity index (χ0v) is 16.4. The molecule has 1 unspecified atom stereocenters. The number of amides is 2. The molecule has 0 aromatic heterocycles. The van der Waals surface area contributed by atoms with Gasteiger partial charge in [0.15, 0.2) is 0 Å². The molecule has 0 bridgehead atoms. The molecule has 27 heavy (non-hydrogen) atoms. The van der Waals surface area contributed by atoms with Crippen LogP contribution in [0, 0.1) is 5.92 Å². The van der Waals surface area contributed by atoms with E-state index in [0.29, 0.717) is 18.1 Å². The number of carbonyl (C=O) groups excluding carboxylic acids is 2. The topological polar surface area (TPSA) is 49.4 Å². The van der Waals surface area contributed by atoms with Gasteiger partial charge in [0.1, 0.15) is 6.04 Å². The van der Waals surface area contributed by atoms with Crippen LogP contribution in [0.3, 0.4) is 0 Å². The molecule has 0 aliphatic heterocycles. The molecule has 1 N–H and O–H groups in total. The molecule has 0 spiro atoms. The van der Waals surface area contributed by atoms with Gasteiger partial charge in [-0.25, -0.2) is 0 Å². The van der Waals surface area contributed by atoms with Crippen molar-refractivity contribution < 1.29 is 9.59 Å². The number of nitrogens with zero attached hydrogens (tertiary/aromatic N) is 1. The van der Waals surface area contributed by atoms with E-state index in [1.54, 1.807) is 23.1 Å². The van der Waals surface area contributed by atoms with E-state index in [-0.39, 0.29) is 17.7 Å². The van der Waals surface area contributed by atoms with Crippen molar-refractivity contribution in [2.45, 2.75) is 26.4 Å². The van der Waals surface area contributed by atoms with E-state index in [4.69, 9.17) is 11.6 Å². The molecule has 1 atom stereocenters. The average Bonchev–Trinajstić information content (AvgIpc) is 2.67. The lowest BCUT2D eigenvalue weighted by Gasteiger charge is -2.32. The zero-order valence-electron chi connectivity index (χ0n) is 15.7. The summed E-state index contributed by atoms with van der Waals surface area (Å²) in [7, 11) is 0. The minimum absolute atomic E-state index is 0.0902. The molecule has 0 fully saturated rings. The van der Waals surface area contributed by atoms with Crippen LogP contribution < -0.4 is 5.32 Å². The molecule has 2 rings (SSSR count). The highest BCUT2D eigenvalue weighted by molar-refractivity contribution is 6.30. The van der Waals surface area contributed by atoms with E-state index >= 15 is 0 Å². The van der Waals surface area contributed by atoms with Crippen LogP contribution in [0.2, 0.25) is 5.02 Å². The molecular weight excluding hydrogens is 360 g/mol. The second-order valence-corrected chi connectivity index (χ2v) is 7.03. The number of rotatable bonds is 8. The average molecular weight is 385 g/mol. The fraction of sp³-hybridized carbons (Fsp3) is 0.273. The van der Waals surface area contributed by atoms with Crippen molar-refractivity contribution >= 4 is 23.4 Å². The molecule has 142 valence electrons. The third-order valence-electron chi connectivity index (χ3n) is 4.14. The molecule has 2 aromatic rings. The van der Waals surface area contributed by atoms with Crippen LogP contribution >= 0.6 is 11.6 Å². The van der Waals surface area contributed by atoms with E-state index in [1.807, 2.05) is 56.3 Å². The summed E-state index contributed by atoms with van der Waals surface area (Å²) in [6.45, 7) is 7.96. The van der Waals surface area contributed by atoms with Crippen molar-refractivity contribution in [3.05, 3.63) is 83.4 Å². The highest BCUT2D eigenvalue weighted by atomic mass is 35.5. The standard InChI is InChI=1S/C22H25ClN2O2/c1-4-14-24-21(26)20(18-8-6-5-7-9-18)25(22(27)16(2)3)15-17-10-12-19(23)13-11-17/h4-13,16,20H,1,14-15H2,2-3H3,(H,24,26). The second kappa shape index (κ2) is 9.93. The van der Waals surface area contributed by atoms with Crippen LogP contribution in [-0.4, -0.2) is 23.3 Å². The van der Waals surface area contributed by atoms with Crippen LogP contribution in [0.1, 0.15) is 31.0 Å². The zero-order chi connectivity index (χ0) is 19.8. The summed E-state index contributed by atoms with van der Waals surface area (Å²) in [5.74, 6) is -0.563. The number of halogens is 1. The quantitative estimate of drug-likeness (QED) is 0.687. The van der Waals surface area contributed by atoms with Crippen LogP contribution in [0.25, 0.3) is 0 Å². The normalized spacial score (nSPS) is 11.7. The molecule has 0 aliphatic rings. The first-order valence-electron chi connectivity index (χ1n) is 8.92. The Labute approximate surface area is 165 Å². The number of benzene rings is 2. The van der Waals surface area contributed by atoms with Crippen LogP contribution in [0.5, 0.6) is 0 Å². The van der Waals surface area contributed by atoms with Crippen molar-refractivity contribution in [1.82, 2.24) is 10.2 Å². The summed E-state index contributed by atoms with van der Waals surface area (Å²) in [4.78, 5) is 27.6. The predicted molar refractivity (Wildman–Crippen MR) is 109 cm³/mol. The lowest BCUT2D eigenvalue weighted by molar-refractivity contribution is -0.144. The molecular formula is C22H25ClN2O2. The van der Waals surface area contributed by atoms with E-state index in [1.165, 1.54) is 0 Å². The Kier molecular flexibility index (Phi) is 7.62. The van der Waals surface area contributed by atoms with Gasteiger partial charge in [-0.3, -0.25) is 9.59 Å². The third kappa shape index (κ3) is 5.69. The van der Waals surface area contributed by atoms with Crippen molar-refractivity contribution in [1.29, 1.82) is 0 Å². The van der Waals surface area contributed by atoms with Crippen molar-refractivity contribution in [3.63, 3.8) is 0 Å². The van der Waals surface area contributed by atoms with Crippen LogP contribution in [-0.2, 0) is 16.1 Å². The van der Waals surface area contributed by atoms with Gasteiger partial charge in [-0.15, -0.1) is 6.58 Å². The Balaban J connectivity index is 2.44. The fourth-order valence-corrected chi connectivity index (χ4v) is 2.92. The lowest BCUT2D eigenvalue weighted by Crippen LogP contribution is -2.44. The minimum Gasteiger partial charge on any atom is -0.351 e. The first kappa shape index (κ1) is 20.7. The van der Waals surface area contributed by atoms with Gasteiger partial charge in [-0.1, -0.05) is 74.0 Å². The van der Waals surface area contributed by atoms with Gasteiger partial charge in [0.2, 0.25) is 11.8 Å². The number of nitrogens with one attached hydrogen (secondary N) is 1. The maximum Gasteiger partial charge on any atom is 0.247 e. The van der Waals surface area contributed by atoms with Gasteiger partial charge in [0, 0.05) is 24.0 Å². The van der Waals surface area contributed by atoms with Gasteiger partial charge < -0.3 is 10.2 Å². The molecule has 0 radical (unpaired) electrons. The molecule has 0 aliphatic carbocycles. The van der Waals surface area contributed by atoms with Crippen molar-refractivity contribution in [2.75, 3.05) is 6.54 Å². The van der Waals surface area contributed by atoms with Gasteiger partial charge in [-0.2, -0.15) is 0 Å². The van der Waals surface area contributed by atoms with Crippen molar-refractivity contribution in [3.8, 4) is 0 Å². The Morgan fingerprint density at radius 2 is 1.74 bits per heavy atom. The minimum atomic E-state index is -0.725. The monoisotopic (exact) mass is 384 g/mol. The highest BCUT2D eigenvalue weighted by Crippen LogP contribution is 2.26. The summed E-state index contributed by atoms with van der Waals surface area (Å²) in [5.41, 5.74) is 1.67. The molecule has 5 heteroatoms. The van der Waals surface area contributed by atoms with E-state index in [0.717, 1.165) is 11.1 Å². The molecule has 0 heterocycles. The smallest absolute Gasteiger partial charge is 0.247 e. The maximum absolute atomic E-state index is 13.0. The Morgan fingerprint density at radius 3 is 2.30 bits per heavy atom. The van der Waals surface area contributed by atoms with Crippen molar-refractivity contribution in [2.24, 2.45) is 5.92 Å². The summed E-state index contributed by atoms with van der Waals surface area (Å²) in [6, 6.07) is 15.9. The van der Waals surface area contributed by atoms with Gasteiger partial charge in [0.05, 0.1) is 0 Å². The van der Waals surface area contributed by atoms with E-state index in [9.17, 15) is 9.59 Å². The second-order valence-electron chi connectivity index (χ2n) is 6.59. The number of carbonyl (C=O) groups is 2. The third-order valence-corrected chi connectivity index (χ3v) is 4.39. The summed E-state index contributed by atoms with van der Waals surface area (Å²) < 4.78 is 0. The number of hydrogen-bond acceptors (Lipinski definition) is 2. The van der Waals surface area contributed by atoms with Gasteiger partial charge >= 0.3 is 0 Å². The van der Waals surface area contributed by atoms with Gasteiger partial charge in [0.25, 0.3) is 0 Å². The predicted octanol–water partition coefficient (Wildman–Crippen LogP) is 4.37. The number of hydrogen-bond donors (Lipinski definition) is 1. The van der Waals surface area contributed by atoms with Crippen LogP contribution in [0.4, 0.5) is 0 Å². The van der Waals surface area contributed by atoms with Crippen LogP contribution in [0.15, 0.2) is 67.3 Å². The largest absolute Gasteiger partial charge is 0.351 e. The Morgan fingerprint density at radius 1 is 1.11 bits per heavy atom. The van der Waals surface area contributed by atoms with Gasteiger partial charge in [-0.05, 0) is 23.3 Å². The fourth-order valence-electron chi connectivity index (χ4n) is 2.79. The Bertz CT molecular complexity index is 773. The first-order valence-corrected chi connectivity index (χ1v) is 9.30. The highest BCUT2D eigenvalue weighted by Gasteiger charge is 2.32. The molecule has 0 saturated carbocycles. The molecule has 2 aromatic carbocycles. The SMILES string of the molecule is C=CCNC(=O)C(c1ccccc1)N(Cc1ccc(Cl)cc1)C(=O)C(C)C. The summed E-state index contributed by atoms with van der Waals surface area (Å²) >= 11 is 5.97. The maximum atomic E-state index is 13.0. The Hall–Kier alpha value is -2.59. The molecule has 0 saturated heterocycles. The summed E-state index contributed by atoms with van der Waals surface area (Å²) in [5, 5.41) is 3.46. The van der Waals surface area contributed by atoms with E-state index < -0.39 is 6.04 Å². The first-order chi connectivity index (χ1) is 12.9. The molecule has 4 nitrogen and oxygen atoms in total. The summed E-state index contributed by atoms with van der Waals surface area (Å²) in [6.07, 6.45) is 1.62. The van der Waals surface area contributed by atoms with E-state index in [2.05, 4.69) is 11.9 Å². The molecule has 2 amide bonds.